The van der Waals surface area contributed by atoms with Crippen LogP contribution in [-0.4, -0.2) is 12.1 Å². The van der Waals surface area contributed by atoms with Crippen LogP contribution in [0.25, 0.3) is 0 Å². The molecule has 1 aromatic rings. The molecule has 0 unspecified atom stereocenters. The molecule has 4 nitrogen and oxygen atoms in total. The van der Waals surface area contributed by atoms with Crippen molar-refractivity contribution in [3.8, 4) is 5.75 Å². The van der Waals surface area contributed by atoms with Crippen molar-refractivity contribution in [1.29, 1.82) is 0 Å². The lowest BCUT2D eigenvalue weighted by Crippen LogP contribution is -2.16. The molecule has 1 rings (SSSR count). The van der Waals surface area contributed by atoms with Gasteiger partial charge in [-0.05, 0) is 44.2 Å². The first-order valence-electron chi connectivity index (χ1n) is 10.3. The molecule has 0 spiro atoms. The van der Waals surface area contributed by atoms with Crippen molar-refractivity contribution < 1.29 is 19.1 Å². The third-order valence-corrected chi connectivity index (χ3v) is 4.28. The minimum absolute atomic E-state index is 0.252. The van der Waals surface area contributed by atoms with E-state index in [2.05, 4.69) is 23.8 Å². The Bertz CT molecular complexity index is 537. The summed E-state index contributed by atoms with van der Waals surface area (Å²) in [6.07, 6.45) is 16.7. The van der Waals surface area contributed by atoms with E-state index in [9.17, 15) is 9.59 Å². The molecule has 0 aliphatic carbocycles. The molecule has 0 fully saturated rings. The Morgan fingerprint density at radius 2 is 1.41 bits per heavy atom. The van der Waals surface area contributed by atoms with Crippen LogP contribution in [-0.2, 0) is 9.53 Å². The lowest BCUT2D eigenvalue weighted by atomic mass is 10.1. The first kappa shape index (κ1) is 22.9. The Morgan fingerprint density at radius 3 is 2.07 bits per heavy atom. The van der Waals surface area contributed by atoms with E-state index < -0.39 is 12.1 Å². The predicted octanol–water partition coefficient (Wildman–Crippen LogP) is 6.99. The average Bonchev–Trinajstić information content (AvgIpc) is 2.66. The van der Waals surface area contributed by atoms with Crippen molar-refractivity contribution in [2.45, 2.75) is 84.0 Å². The standard InChI is InChI=1S/C23H34O4/c1-2-3-4-5-6-7-8-9-10-11-12-13-17-20-22(24)27-23(25)26-21-18-15-14-16-19-21/h7-8,14-16,18-19H,2-6,9-13,17,20H2,1H3/b8-7-. The van der Waals surface area contributed by atoms with Crippen LogP contribution in [0.5, 0.6) is 5.75 Å². The second-order valence-electron chi connectivity index (χ2n) is 6.77. The highest BCUT2D eigenvalue weighted by molar-refractivity contribution is 5.82. The molecule has 4 heteroatoms. The van der Waals surface area contributed by atoms with E-state index in [0.717, 1.165) is 25.7 Å². The van der Waals surface area contributed by atoms with E-state index in [1.807, 2.05) is 6.07 Å². The average molecular weight is 375 g/mol. The topological polar surface area (TPSA) is 52.6 Å². The van der Waals surface area contributed by atoms with Crippen LogP contribution in [0.3, 0.4) is 0 Å². The molecule has 0 saturated heterocycles. The van der Waals surface area contributed by atoms with Gasteiger partial charge in [0, 0.05) is 6.42 Å². The molecule has 0 heterocycles. The van der Waals surface area contributed by atoms with E-state index in [1.165, 1.54) is 44.9 Å². The van der Waals surface area contributed by atoms with Crippen molar-refractivity contribution in [1.82, 2.24) is 0 Å². The van der Waals surface area contributed by atoms with E-state index >= 15 is 0 Å². The lowest BCUT2D eigenvalue weighted by molar-refractivity contribution is -0.138. The lowest BCUT2D eigenvalue weighted by Gasteiger charge is -2.04. The largest absolute Gasteiger partial charge is 0.521 e. The van der Waals surface area contributed by atoms with Gasteiger partial charge in [0.15, 0.2) is 0 Å². The molecular formula is C23H34O4. The molecule has 0 aromatic heterocycles. The molecule has 0 amide bonds. The number of rotatable bonds is 14. The summed E-state index contributed by atoms with van der Waals surface area (Å²) in [5.41, 5.74) is 0. The first-order valence-corrected chi connectivity index (χ1v) is 10.3. The molecule has 0 aliphatic heterocycles. The monoisotopic (exact) mass is 374 g/mol. The normalized spacial score (nSPS) is 10.9. The van der Waals surface area contributed by atoms with Crippen LogP contribution in [0.4, 0.5) is 4.79 Å². The molecule has 27 heavy (non-hydrogen) atoms. The Morgan fingerprint density at radius 1 is 0.815 bits per heavy atom. The molecule has 1 aromatic carbocycles. The van der Waals surface area contributed by atoms with Gasteiger partial charge in [0.1, 0.15) is 5.75 Å². The minimum atomic E-state index is -0.965. The van der Waals surface area contributed by atoms with Gasteiger partial charge in [-0.15, -0.1) is 0 Å². The van der Waals surface area contributed by atoms with Gasteiger partial charge in [0.25, 0.3) is 0 Å². The number of hydrogen-bond donors (Lipinski definition) is 0. The summed E-state index contributed by atoms with van der Waals surface area (Å²) < 4.78 is 9.57. The fourth-order valence-corrected chi connectivity index (χ4v) is 2.74. The van der Waals surface area contributed by atoms with Crippen LogP contribution in [0.2, 0.25) is 0 Å². The molecule has 150 valence electrons. The Hall–Kier alpha value is -2.10. The Kier molecular flexibility index (Phi) is 13.7. The van der Waals surface area contributed by atoms with Gasteiger partial charge in [-0.3, -0.25) is 4.79 Å². The van der Waals surface area contributed by atoms with Crippen molar-refractivity contribution in [2.75, 3.05) is 0 Å². The SMILES string of the molecule is CCCCCC/C=C\CCCCCCCC(=O)OC(=O)Oc1ccccc1. The van der Waals surface area contributed by atoms with Gasteiger partial charge in [0.2, 0.25) is 0 Å². The van der Waals surface area contributed by atoms with Gasteiger partial charge >= 0.3 is 12.1 Å². The summed E-state index contributed by atoms with van der Waals surface area (Å²) in [6.45, 7) is 2.23. The maximum Gasteiger partial charge on any atom is 0.521 e. The summed E-state index contributed by atoms with van der Waals surface area (Å²) in [4.78, 5) is 23.1. The molecule has 0 radical (unpaired) electrons. The number of esters is 1. The van der Waals surface area contributed by atoms with Crippen LogP contribution in [0.1, 0.15) is 84.0 Å². The van der Waals surface area contributed by atoms with Crippen molar-refractivity contribution in [3.63, 3.8) is 0 Å². The molecule has 0 N–H and O–H groups in total. The molecule has 0 atom stereocenters. The fraction of sp³-hybridized carbons (Fsp3) is 0.565. The number of para-hydroxylation sites is 1. The number of hydrogen-bond acceptors (Lipinski definition) is 4. The molecule has 0 aliphatic rings. The summed E-state index contributed by atoms with van der Waals surface area (Å²) in [5, 5.41) is 0. The third-order valence-electron chi connectivity index (χ3n) is 4.28. The summed E-state index contributed by atoms with van der Waals surface area (Å²) in [7, 11) is 0. The summed E-state index contributed by atoms with van der Waals surface area (Å²) >= 11 is 0. The smallest absolute Gasteiger partial charge is 0.395 e. The van der Waals surface area contributed by atoms with Crippen LogP contribution in [0, 0.1) is 0 Å². The van der Waals surface area contributed by atoms with Crippen molar-refractivity contribution >= 4 is 12.1 Å². The van der Waals surface area contributed by atoms with Gasteiger partial charge in [-0.1, -0.05) is 75.8 Å². The molecule has 0 saturated carbocycles. The maximum absolute atomic E-state index is 11.6. The van der Waals surface area contributed by atoms with Crippen LogP contribution < -0.4 is 4.74 Å². The van der Waals surface area contributed by atoms with E-state index in [-0.39, 0.29) is 6.42 Å². The first-order chi connectivity index (χ1) is 13.2. The maximum atomic E-state index is 11.6. The van der Waals surface area contributed by atoms with E-state index in [0.29, 0.717) is 5.75 Å². The fourth-order valence-electron chi connectivity index (χ4n) is 2.74. The molecule has 0 bridgehead atoms. The van der Waals surface area contributed by atoms with Crippen molar-refractivity contribution in [2.24, 2.45) is 0 Å². The zero-order chi connectivity index (χ0) is 19.6. The van der Waals surface area contributed by atoms with Crippen LogP contribution in [0.15, 0.2) is 42.5 Å². The van der Waals surface area contributed by atoms with Gasteiger partial charge in [-0.25, -0.2) is 4.79 Å². The number of ether oxygens (including phenoxy) is 2. The predicted molar refractivity (Wildman–Crippen MR) is 109 cm³/mol. The number of benzene rings is 1. The van der Waals surface area contributed by atoms with E-state index in [1.54, 1.807) is 24.3 Å². The summed E-state index contributed by atoms with van der Waals surface area (Å²) in [5.74, 6) is -0.160. The zero-order valence-electron chi connectivity index (χ0n) is 16.7. The highest BCUT2D eigenvalue weighted by atomic mass is 16.7. The number of carbonyl (C=O) groups excluding carboxylic acids is 2. The van der Waals surface area contributed by atoms with Gasteiger partial charge in [0.05, 0.1) is 0 Å². The second-order valence-corrected chi connectivity index (χ2v) is 6.77. The molecular weight excluding hydrogens is 340 g/mol. The Labute approximate surface area is 163 Å². The number of unbranched alkanes of at least 4 members (excludes halogenated alkanes) is 9. The van der Waals surface area contributed by atoms with Gasteiger partial charge in [-0.2, -0.15) is 0 Å². The van der Waals surface area contributed by atoms with Crippen molar-refractivity contribution in [3.05, 3.63) is 42.5 Å². The highest BCUT2D eigenvalue weighted by Crippen LogP contribution is 2.11. The third kappa shape index (κ3) is 13.7. The zero-order valence-corrected chi connectivity index (χ0v) is 16.7. The number of allylic oxidation sites excluding steroid dienone is 2. The summed E-state index contributed by atoms with van der Waals surface area (Å²) in [6, 6.07) is 8.57. The quantitative estimate of drug-likeness (QED) is 0.116. The highest BCUT2D eigenvalue weighted by Gasteiger charge is 2.12. The number of carbonyl (C=O) groups is 2. The van der Waals surface area contributed by atoms with Gasteiger partial charge < -0.3 is 9.47 Å². The Balaban J connectivity index is 1.92. The van der Waals surface area contributed by atoms with Crippen LogP contribution >= 0.6 is 0 Å². The second kappa shape index (κ2) is 16.1. The minimum Gasteiger partial charge on any atom is -0.395 e. The van der Waals surface area contributed by atoms with E-state index in [4.69, 9.17) is 4.74 Å².